The molecule has 2 heterocycles. The zero-order valence-corrected chi connectivity index (χ0v) is 25.1. The highest BCUT2D eigenvalue weighted by Gasteiger charge is 2.35. The van der Waals surface area contributed by atoms with Crippen molar-refractivity contribution < 1.29 is 28.5 Å². The lowest BCUT2D eigenvalue weighted by molar-refractivity contribution is -0.145. The van der Waals surface area contributed by atoms with Gasteiger partial charge in [-0.05, 0) is 58.0 Å². The van der Waals surface area contributed by atoms with Crippen molar-refractivity contribution in [3.8, 4) is 11.5 Å². The molecule has 0 amide bonds. The molecule has 1 aliphatic heterocycles. The molecule has 0 aliphatic carbocycles. The molecule has 0 unspecified atom stereocenters. The smallest absolute Gasteiger partial charge is 0.344 e. The lowest BCUT2D eigenvalue weighted by Crippen LogP contribution is -2.40. The highest BCUT2D eigenvalue weighted by atomic mass is 79.9. The number of halogens is 1. The molecule has 2 aromatic carbocycles. The monoisotopic (exact) mass is 628 g/mol. The molecule has 1 atom stereocenters. The number of rotatable bonds is 9. The Balaban J connectivity index is 1.90. The van der Waals surface area contributed by atoms with Gasteiger partial charge in [-0.25, -0.2) is 14.6 Å². The predicted molar refractivity (Wildman–Crippen MR) is 154 cm³/mol. The van der Waals surface area contributed by atoms with Crippen molar-refractivity contribution in [2.24, 2.45) is 4.99 Å². The summed E-state index contributed by atoms with van der Waals surface area (Å²) >= 11 is 4.69. The largest absolute Gasteiger partial charge is 0.496 e. The molecule has 1 aromatic heterocycles. The molecule has 0 saturated heterocycles. The fraction of sp³-hybridized carbons (Fsp3) is 0.310. The molecule has 1 aliphatic rings. The first-order chi connectivity index (χ1) is 19.1. The SMILES string of the molecule is CCOC(=O)COc1ccccc1/C=c1\sc2n(c1=O)[C@H](c1cc(Br)ccc1OC)C(C(=O)OC(C)C)=C(C)N=2. The van der Waals surface area contributed by atoms with Crippen LogP contribution in [0.2, 0.25) is 0 Å². The Labute approximate surface area is 243 Å². The van der Waals surface area contributed by atoms with Crippen molar-refractivity contribution in [2.75, 3.05) is 20.3 Å². The van der Waals surface area contributed by atoms with E-state index in [1.807, 2.05) is 12.1 Å². The molecule has 0 spiro atoms. The molecule has 0 radical (unpaired) electrons. The number of hydrogen-bond donors (Lipinski definition) is 0. The standard InChI is InChI=1S/C29H29BrN2O7S/c1-6-37-24(33)15-38-21-10-8-7-9-18(21)13-23-27(34)32-26(20-14-19(30)11-12-22(20)36-5)25(28(35)39-16(2)3)17(4)31-29(32)40-23/h7-14,16,26H,6,15H2,1-5H3/b23-13-/t26-/m1/s1. The molecule has 0 fully saturated rings. The van der Waals surface area contributed by atoms with E-state index < -0.39 is 18.0 Å². The summed E-state index contributed by atoms with van der Waals surface area (Å²) in [6, 6.07) is 11.6. The number of fused-ring (bicyclic) bond motifs is 1. The Morgan fingerprint density at radius 1 is 1.18 bits per heavy atom. The number of ether oxygens (including phenoxy) is 4. The van der Waals surface area contributed by atoms with Crippen LogP contribution in [0, 0.1) is 0 Å². The average molecular weight is 630 g/mol. The molecule has 0 N–H and O–H groups in total. The number of nitrogens with zero attached hydrogens (tertiary/aromatic N) is 2. The van der Waals surface area contributed by atoms with Crippen LogP contribution in [0.15, 0.2) is 68.0 Å². The first kappa shape index (κ1) is 29.3. The second-order valence-electron chi connectivity index (χ2n) is 9.05. The maximum absolute atomic E-state index is 14.0. The zero-order valence-electron chi connectivity index (χ0n) is 22.7. The van der Waals surface area contributed by atoms with Crippen LogP contribution in [0.25, 0.3) is 6.08 Å². The van der Waals surface area contributed by atoms with Crippen LogP contribution < -0.4 is 24.4 Å². The number of hydrogen-bond acceptors (Lipinski definition) is 9. The van der Waals surface area contributed by atoms with Gasteiger partial charge in [-0.3, -0.25) is 9.36 Å². The van der Waals surface area contributed by atoms with Crippen molar-refractivity contribution in [3.63, 3.8) is 0 Å². The number of aromatic nitrogens is 1. The zero-order chi connectivity index (χ0) is 29.0. The highest BCUT2D eigenvalue weighted by molar-refractivity contribution is 9.10. The lowest BCUT2D eigenvalue weighted by Gasteiger charge is -2.26. The highest BCUT2D eigenvalue weighted by Crippen LogP contribution is 2.37. The van der Waals surface area contributed by atoms with Gasteiger partial charge in [0, 0.05) is 15.6 Å². The van der Waals surface area contributed by atoms with Crippen LogP contribution in [0.1, 0.15) is 44.9 Å². The molecule has 0 saturated carbocycles. The first-order valence-corrected chi connectivity index (χ1v) is 14.2. The van der Waals surface area contributed by atoms with Crippen LogP contribution in [0.3, 0.4) is 0 Å². The van der Waals surface area contributed by atoms with Crippen molar-refractivity contribution >= 4 is 45.3 Å². The van der Waals surface area contributed by atoms with Gasteiger partial charge in [0.2, 0.25) is 0 Å². The summed E-state index contributed by atoms with van der Waals surface area (Å²) in [6.07, 6.45) is 1.32. The number of esters is 2. The Hall–Kier alpha value is -3.70. The van der Waals surface area contributed by atoms with Crippen molar-refractivity contribution in [2.45, 2.75) is 39.8 Å². The van der Waals surface area contributed by atoms with E-state index in [4.69, 9.17) is 18.9 Å². The molecule has 210 valence electrons. The quantitative estimate of drug-likeness (QED) is 0.331. The number of carbonyl (C=O) groups excluding carboxylic acids is 2. The topological polar surface area (TPSA) is 105 Å². The molecule has 11 heteroatoms. The Bertz CT molecular complexity index is 1660. The van der Waals surface area contributed by atoms with E-state index in [-0.39, 0.29) is 30.5 Å². The molecule has 9 nitrogen and oxygen atoms in total. The van der Waals surface area contributed by atoms with Gasteiger partial charge in [0.1, 0.15) is 17.5 Å². The van der Waals surface area contributed by atoms with Crippen molar-refractivity contribution in [1.29, 1.82) is 0 Å². The molecule has 3 aromatic rings. The summed E-state index contributed by atoms with van der Waals surface area (Å²) in [5, 5.41) is 0. The number of carbonyl (C=O) groups is 2. The Morgan fingerprint density at radius 2 is 1.93 bits per heavy atom. The summed E-state index contributed by atoms with van der Waals surface area (Å²) in [6.45, 7) is 6.96. The van der Waals surface area contributed by atoms with Crippen molar-refractivity contribution in [1.82, 2.24) is 4.57 Å². The lowest BCUT2D eigenvalue weighted by atomic mass is 9.95. The van der Waals surface area contributed by atoms with E-state index in [1.165, 1.54) is 23.0 Å². The van der Waals surface area contributed by atoms with Gasteiger partial charge >= 0.3 is 11.9 Å². The van der Waals surface area contributed by atoms with E-state index in [9.17, 15) is 14.4 Å². The number of para-hydroxylation sites is 1. The summed E-state index contributed by atoms with van der Waals surface area (Å²) in [5.74, 6) is -0.125. The van der Waals surface area contributed by atoms with Crippen LogP contribution in [0.5, 0.6) is 11.5 Å². The Kier molecular flexibility index (Phi) is 9.26. The predicted octanol–water partition coefficient (Wildman–Crippen LogP) is 3.90. The average Bonchev–Trinajstić information content (AvgIpc) is 3.21. The van der Waals surface area contributed by atoms with E-state index in [1.54, 1.807) is 64.1 Å². The van der Waals surface area contributed by atoms with Gasteiger partial charge < -0.3 is 18.9 Å². The summed E-state index contributed by atoms with van der Waals surface area (Å²) in [7, 11) is 1.53. The maximum atomic E-state index is 14.0. The van der Waals surface area contributed by atoms with Gasteiger partial charge in [0.15, 0.2) is 11.4 Å². The van der Waals surface area contributed by atoms with Crippen LogP contribution in [-0.4, -0.2) is 42.9 Å². The van der Waals surface area contributed by atoms with E-state index in [2.05, 4.69) is 20.9 Å². The molecule has 4 rings (SSSR count). The molecular formula is C29H29BrN2O7S. The number of thiazole rings is 1. The Morgan fingerprint density at radius 3 is 2.62 bits per heavy atom. The third kappa shape index (κ3) is 6.20. The van der Waals surface area contributed by atoms with Gasteiger partial charge in [-0.1, -0.05) is 45.5 Å². The van der Waals surface area contributed by atoms with Gasteiger partial charge in [0.05, 0.1) is 35.6 Å². The molecular weight excluding hydrogens is 600 g/mol. The van der Waals surface area contributed by atoms with E-state index in [0.717, 1.165) is 4.47 Å². The van der Waals surface area contributed by atoms with Gasteiger partial charge in [0.25, 0.3) is 5.56 Å². The number of benzene rings is 2. The number of allylic oxidation sites excluding steroid dienone is 1. The van der Waals surface area contributed by atoms with Crippen LogP contribution in [0.4, 0.5) is 0 Å². The minimum absolute atomic E-state index is 0.251. The first-order valence-electron chi connectivity index (χ1n) is 12.6. The summed E-state index contributed by atoms with van der Waals surface area (Å²) in [4.78, 5) is 44.2. The fourth-order valence-electron chi connectivity index (χ4n) is 4.29. The van der Waals surface area contributed by atoms with Crippen LogP contribution in [-0.2, 0) is 19.1 Å². The van der Waals surface area contributed by atoms with Crippen LogP contribution >= 0.6 is 27.3 Å². The van der Waals surface area contributed by atoms with Gasteiger partial charge in [-0.15, -0.1) is 0 Å². The fourth-order valence-corrected chi connectivity index (χ4v) is 5.70. The van der Waals surface area contributed by atoms with E-state index in [0.29, 0.717) is 37.7 Å². The molecule has 40 heavy (non-hydrogen) atoms. The van der Waals surface area contributed by atoms with E-state index >= 15 is 0 Å². The third-order valence-corrected chi connectivity index (χ3v) is 7.40. The minimum atomic E-state index is -0.840. The molecule has 0 bridgehead atoms. The number of methoxy groups -OCH3 is 1. The maximum Gasteiger partial charge on any atom is 0.344 e. The summed E-state index contributed by atoms with van der Waals surface area (Å²) < 4.78 is 24.4. The second-order valence-corrected chi connectivity index (χ2v) is 11.0. The minimum Gasteiger partial charge on any atom is -0.496 e. The summed E-state index contributed by atoms with van der Waals surface area (Å²) in [5.41, 5.74) is 1.56. The van der Waals surface area contributed by atoms with Crippen molar-refractivity contribution in [3.05, 3.63) is 89.0 Å². The second kappa shape index (κ2) is 12.6. The third-order valence-electron chi connectivity index (χ3n) is 5.93. The van der Waals surface area contributed by atoms with Gasteiger partial charge in [-0.2, -0.15) is 0 Å². The normalized spacial score (nSPS) is 15.0.